The van der Waals surface area contributed by atoms with E-state index in [-0.39, 0.29) is 5.56 Å². The van der Waals surface area contributed by atoms with Crippen molar-refractivity contribution in [2.24, 2.45) is 0 Å². The molecule has 0 radical (unpaired) electrons. The molecular formula is C14H19N3O2. The van der Waals surface area contributed by atoms with E-state index in [1.165, 1.54) is 25.6 Å². The number of carboxylic acid groups (broad SMARTS) is 1. The molecule has 2 aliphatic heterocycles. The van der Waals surface area contributed by atoms with Crippen LogP contribution in [0.25, 0.3) is 0 Å². The van der Waals surface area contributed by atoms with Gasteiger partial charge in [0.15, 0.2) is 0 Å². The number of pyridine rings is 1. The van der Waals surface area contributed by atoms with E-state index in [1.807, 2.05) is 6.92 Å². The number of aromatic carboxylic acids is 1. The molecule has 0 bridgehead atoms. The van der Waals surface area contributed by atoms with Gasteiger partial charge in [-0.25, -0.2) is 9.78 Å². The van der Waals surface area contributed by atoms with Gasteiger partial charge in [-0.3, -0.25) is 4.90 Å². The Morgan fingerprint density at radius 2 is 2.26 bits per heavy atom. The third kappa shape index (κ3) is 2.30. The van der Waals surface area contributed by atoms with Crippen LogP contribution in [-0.4, -0.2) is 53.2 Å². The van der Waals surface area contributed by atoms with E-state index in [4.69, 9.17) is 5.11 Å². The van der Waals surface area contributed by atoms with Crippen LogP contribution in [0.5, 0.6) is 0 Å². The van der Waals surface area contributed by atoms with Gasteiger partial charge in [0.25, 0.3) is 0 Å². The van der Waals surface area contributed by atoms with Gasteiger partial charge in [-0.05, 0) is 37.9 Å². The molecule has 0 spiro atoms. The maximum Gasteiger partial charge on any atom is 0.337 e. The fraction of sp³-hybridized carbons (Fsp3) is 0.571. The van der Waals surface area contributed by atoms with E-state index in [0.29, 0.717) is 6.04 Å². The van der Waals surface area contributed by atoms with Crippen LogP contribution in [0.3, 0.4) is 0 Å². The van der Waals surface area contributed by atoms with Crippen molar-refractivity contribution in [3.8, 4) is 0 Å². The van der Waals surface area contributed by atoms with Gasteiger partial charge in [-0.15, -0.1) is 0 Å². The molecule has 19 heavy (non-hydrogen) atoms. The zero-order valence-corrected chi connectivity index (χ0v) is 11.2. The Morgan fingerprint density at radius 3 is 3.00 bits per heavy atom. The van der Waals surface area contributed by atoms with Gasteiger partial charge in [0, 0.05) is 31.9 Å². The number of fused-ring (bicyclic) bond motifs is 1. The average Bonchev–Trinajstić information content (AvgIpc) is 2.85. The fourth-order valence-corrected chi connectivity index (χ4v) is 3.20. The second-order valence-corrected chi connectivity index (χ2v) is 5.45. The fourth-order valence-electron chi connectivity index (χ4n) is 3.20. The van der Waals surface area contributed by atoms with E-state index < -0.39 is 5.97 Å². The van der Waals surface area contributed by atoms with Crippen molar-refractivity contribution in [1.29, 1.82) is 0 Å². The molecule has 1 aromatic heterocycles. The van der Waals surface area contributed by atoms with Crippen LogP contribution in [0.2, 0.25) is 0 Å². The number of carbonyl (C=O) groups is 1. The molecule has 5 nitrogen and oxygen atoms in total. The molecule has 1 N–H and O–H groups in total. The molecule has 2 saturated heterocycles. The van der Waals surface area contributed by atoms with Crippen LogP contribution >= 0.6 is 0 Å². The summed E-state index contributed by atoms with van der Waals surface area (Å²) in [5, 5.41) is 8.97. The topological polar surface area (TPSA) is 56.7 Å². The highest BCUT2D eigenvalue weighted by atomic mass is 16.4. The monoisotopic (exact) mass is 261 g/mol. The molecule has 0 aromatic carbocycles. The maximum absolute atomic E-state index is 10.9. The quantitative estimate of drug-likeness (QED) is 0.871. The van der Waals surface area contributed by atoms with Gasteiger partial charge in [0.2, 0.25) is 0 Å². The first-order valence-electron chi connectivity index (χ1n) is 6.84. The van der Waals surface area contributed by atoms with Crippen molar-refractivity contribution < 1.29 is 9.90 Å². The molecule has 0 saturated carbocycles. The molecule has 1 atom stereocenters. The number of hydrogen-bond donors (Lipinski definition) is 1. The molecule has 3 heterocycles. The van der Waals surface area contributed by atoms with Gasteiger partial charge in [-0.1, -0.05) is 0 Å². The maximum atomic E-state index is 10.9. The van der Waals surface area contributed by atoms with Crippen LogP contribution < -0.4 is 4.90 Å². The molecule has 2 aliphatic rings. The zero-order valence-electron chi connectivity index (χ0n) is 11.2. The summed E-state index contributed by atoms with van der Waals surface area (Å²) in [6.07, 6.45) is 4.03. The van der Waals surface area contributed by atoms with Crippen LogP contribution in [0.15, 0.2) is 12.3 Å². The predicted molar refractivity (Wildman–Crippen MR) is 72.7 cm³/mol. The molecular weight excluding hydrogens is 242 g/mol. The first-order valence-corrected chi connectivity index (χ1v) is 6.84. The number of nitrogens with zero attached hydrogens (tertiary/aromatic N) is 3. The van der Waals surface area contributed by atoms with Crippen molar-refractivity contribution in [3.63, 3.8) is 0 Å². The number of aromatic nitrogens is 1. The molecule has 102 valence electrons. The SMILES string of the molecule is Cc1cc(C(=O)O)cnc1N1CCN2CCCC2C1. The first-order chi connectivity index (χ1) is 9.15. The molecule has 2 fully saturated rings. The number of piperazine rings is 1. The van der Waals surface area contributed by atoms with Crippen molar-refractivity contribution in [3.05, 3.63) is 23.4 Å². The number of rotatable bonds is 2. The lowest BCUT2D eigenvalue weighted by atomic mass is 10.1. The van der Waals surface area contributed by atoms with Gasteiger partial charge in [0.1, 0.15) is 5.82 Å². The Labute approximate surface area is 112 Å². The summed E-state index contributed by atoms with van der Waals surface area (Å²) in [7, 11) is 0. The normalized spacial score (nSPS) is 23.4. The van der Waals surface area contributed by atoms with Crippen LogP contribution in [0.4, 0.5) is 5.82 Å². The van der Waals surface area contributed by atoms with Crippen molar-refractivity contribution in [2.75, 3.05) is 31.1 Å². The van der Waals surface area contributed by atoms with Gasteiger partial charge in [0.05, 0.1) is 5.56 Å². The standard InChI is InChI=1S/C14H19N3O2/c1-10-7-11(14(18)19)8-15-13(10)17-6-5-16-4-2-3-12(16)9-17/h7-8,12H,2-6,9H2,1H3,(H,18,19). The Morgan fingerprint density at radius 1 is 1.42 bits per heavy atom. The first kappa shape index (κ1) is 12.4. The van der Waals surface area contributed by atoms with E-state index in [2.05, 4.69) is 14.8 Å². The van der Waals surface area contributed by atoms with Crippen molar-refractivity contribution in [2.45, 2.75) is 25.8 Å². The second-order valence-electron chi connectivity index (χ2n) is 5.45. The van der Waals surface area contributed by atoms with E-state index in [1.54, 1.807) is 6.07 Å². The highest BCUT2D eigenvalue weighted by Gasteiger charge is 2.31. The Hall–Kier alpha value is -1.62. The van der Waals surface area contributed by atoms with Gasteiger partial charge in [-0.2, -0.15) is 0 Å². The number of carboxylic acids is 1. The Balaban J connectivity index is 1.80. The van der Waals surface area contributed by atoms with E-state index in [9.17, 15) is 4.79 Å². The number of aryl methyl sites for hydroxylation is 1. The lowest BCUT2D eigenvalue weighted by Crippen LogP contribution is -2.50. The Bertz CT molecular complexity index is 503. The van der Waals surface area contributed by atoms with Crippen molar-refractivity contribution in [1.82, 2.24) is 9.88 Å². The number of hydrogen-bond acceptors (Lipinski definition) is 4. The third-order valence-corrected chi connectivity index (χ3v) is 4.18. The van der Waals surface area contributed by atoms with Crippen LogP contribution in [0, 0.1) is 6.92 Å². The minimum atomic E-state index is -0.914. The zero-order chi connectivity index (χ0) is 13.4. The minimum Gasteiger partial charge on any atom is -0.478 e. The molecule has 5 heteroatoms. The van der Waals surface area contributed by atoms with E-state index in [0.717, 1.165) is 31.0 Å². The highest BCUT2D eigenvalue weighted by molar-refractivity contribution is 5.87. The number of anilines is 1. The van der Waals surface area contributed by atoms with Crippen molar-refractivity contribution >= 4 is 11.8 Å². The summed E-state index contributed by atoms with van der Waals surface area (Å²) in [6, 6.07) is 2.36. The molecule has 0 aliphatic carbocycles. The summed E-state index contributed by atoms with van der Waals surface area (Å²) in [5.74, 6) is 0.0271. The van der Waals surface area contributed by atoms with Crippen LogP contribution in [0.1, 0.15) is 28.8 Å². The third-order valence-electron chi connectivity index (χ3n) is 4.18. The second kappa shape index (κ2) is 4.81. The largest absolute Gasteiger partial charge is 0.478 e. The predicted octanol–water partition coefficient (Wildman–Crippen LogP) is 1.37. The summed E-state index contributed by atoms with van der Waals surface area (Å²) in [6.45, 7) is 6.25. The summed E-state index contributed by atoms with van der Waals surface area (Å²) in [5.41, 5.74) is 1.21. The van der Waals surface area contributed by atoms with Gasteiger partial charge >= 0.3 is 5.97 Å². The summed E-state index contributed by atoms with van der Waals surface area (Å²) >= 11 is 0. The van der Waals surface area contributed by atoms with Crippen LogP contribution in [-0.2, 0) is 0 Å². The highest BCUT2D eigenvalue weighted by Crippen LogP contribution is 2.26. The molecule has 0 amide bonds. The lowest BCUT2D eigenvalue weighted by Gasteiger charge is -2.38. The summed E-state index contributed by atoms with van der Waals surface area (Å²) < 4.78 is 0. The van der Waals surface area contributed by atoms with E-state index >= 15 is 0 Å². The summed E-state index contributed by atoms with van der Waals surface area (Å²) in [4.78, 5) is 20.1. The average molecular weight is 261 g/mol. The molecule has 1 aromatic rings. The molecule has 3 rings (SSSR count). The molecule has 1 unspecified atom stereocenters. The smallest absolute Gasteiger partial charge is 0.337 e. The minimum absolute atomic E-state index is 0.265. The Kier molecular flexibility index (Phi) is 3.14. The lowest BCUT2D eigenvalue weighted by molar-refractivity contribution is 0.0696. The van der Waals surface area contributed by atoms with Gasteiger partial charge < -0.3 is 10.0 Å².